The predicted molar refractivity (Wildman–Crippen MR) is 200 cm³/mol. The highest BCUT2D eigenvalue weighted by Gasteiger charge is 2.28. The minimum Gasteiger partial charge on any atom is -0.444 e. The first-order chi connectivity index (χ1) is 22.2. The van der Waals surface area contributed by atoms with Crippen LogP contribution in [0.1, 0.15) is 79.4 Å². The van der Waals surface area contributed by atoms with E-state index < -0.39 is 11.2 Å². The largest absolute Gasteiger partial charge is 0.444 e. The topological polar surface area (TPSA) is 77.9 Å². The van der Waals surface area contributed by atoms with Gasteiger partial charge < -0.3 is 29.1 Å². The number of hydrogen-bond acceptors (Lipinski definition) is 7. The molecule has 47 heavy (non-hydrogen) atoms. The molecule has 0 aliphatic carbocycles. The molecule has 0 N–H and O–H groups in total. The first-order valence-corrected chi connectivity index (χ1v) is 20.9. The quantitative estimate of drug-likeness (QED) is 0.232. The molecular formula is C36H52IN5O4S. The van der Waals surface area contributed by atoms with Crippen LogP contribution in [-0.4, -0.2) is 85.5 Å². The maximum absolute atomic E-state index is 12.8. The molecule has 0 saturated carbocycles. The van der Waals surface area contributed by atoms with Gasteiger partial charge in [-0.25, -0.2) is 14.6 Å². The lowest BCUT2D eigenvalue weighted by molar-refractivity contribution is 0.0252. The van der Waals surface area contributed by atoms with E-state index in [9.17, 15) is 9.59 Å². The SMILES string of the molecule is CCc1cc(N2CCCN(C(=O)OC(C)(C)C)CC2)cc2c1N=c1c(CC)cc(N3CCCN(C(=O)OC(C)(C)C)CC3)cc1=S2I. The predicted octanol–water partition coefficient (Wildman–Crippen LogP) is 7.90. The zero-order chi connectivity index (χ0) is 34.1. The molecule has 3 heterocycles. The van der Waals surface area contributed by atoms with E-state index in [4.69, 9.17) is 14.5 Å². The molecule has 2 saturated heterocycles. The van der Waals surface area contributed by atoms with E-state index in [0.29, 0.717) is 26.2 Å². The van der Waals surface area contributed by atoms with Crippen LogP contribution in [0.5, 0.6) is 0 Å². The lowest BCUT2D eigenvalue weighted by atomic mass is 10.1. The number of carbonyl (C=O) groups excluding carboxylic acids is 2. The van der Waals surface area contributed by atoms with Gasteiger partial charge in [0, 0.05) is 73.1 Å². The number of ether oxygens (including phenoxy) is 2. The molecule has 0 radical (unpaired) electrons. The van der Waals surface area contributed by atoms with Gasteiger partial charge in [0.05, 0.1) is 11.0 Å². The molecular weight excluding hydrogens is 725 g/mol. The average molecular weight is 778 g/mol. The third kappa shape index (κ3) is 8.55. The number of nitrogens with zero attached hydrogens (tertiary/aromatic N) is 5. The zero-order valence-corrected chi connectivity index (χ0v) is 32.4. The summed E-state index contributed by atoms with van der Waals surface area (Å²) >= 11 is 2.64. The molecule has 0 spiro atoms. The normalized spacial score (nSPS) is 18.9. The standard InChI is InChI=1S/C36H52IN5O4S/c1-9-25-21-27(39-13-11-15-41(19-17-39)33(43)45-35(3,4)5)23-29-31(25)38-32-26(10-2)22-28(24-30(32)47(29)37)40-14-12-16-42(20-18-40)34(44)46-36(6,7)8/h21-24H,9-20H2,1-8H3. The molecule has 2 aromatic carbocycles. The van der Waals surface area contributed by atoms with Gasteiger partial charge >= 0.3 is 12.2 Å². The van der Waals surface area contributed by atoms with Gasteiger partial charge in [0.15, 0.2) is 0 Å². The van der Waals surface area contributed by atoms with Crippen LogP contribution < -0.4 is 15.2 Å². The second-order valence-electron chi connectivity index (χ2n) is 14.6. The van der Waals surface area contributed by atoms with Crippen LogP contribution in [0.2, 0.25) is 0 Å². The Labute approximate surface area is 295 Å². The van der Waals surface area contributed by atoms with E-state index in [1.165, 1.54) is 31.9 Å². The number of aryl methyl sites for hydroxylation is 2. The van der Waals surface area contributed by atoms with Gasteiger partial charge in [-0.3, -0.25) is 0 Å². The molecule has 9 nitrogen and oxygen atoms in total. The van der Waals surface area contributed by atoms with Crippen molar-refractivity contribution >= 4 is 58.1 Å². The molecule has 1 unspecified atom stereocenters. The average Bonchev–Trinajstić information content (AvgIpc) is 3.41. The van der Waals surface area contributed by atoms with Crippen LogP contribution in [0, 0.1) is 4.51 Å². The number of amides is 2. The summed E-state index contributed by atoms with van der Waals surface area (Å²) in [5, 5.41) is 1.12. The van der Waals surface area contributed by atoms with Crippen molar-refractivity contribution < 1.29 is 19.1 Å². The lowest BCUT2D eigenvalue weighted by Gasteiger charge is -2.28. The van der Waals surface area contributed by atoms with Crippen LogP contribution >= 0.6 is 28.9 Å². The second kappa shape index (κ2) is 14.5. The summed E-state index contributed by atoms with van der Waals surface area (Å²) in [7, 11) is -0.200. The Morgan fingerprint density at radius 1 is 0.723 bits per heavy atom. The fourth-order valence-electron chi connectivity index (χ4n) is 6.33. The van der Waals surface area contributed by atoms with Crippen LogP contribution in [0.3, 0.4) is 0 Å². The minimum atomic E-state index is -0.501. The van der Waals surface area contributed by atoms with E-state index in [2.05, 4.69) is 69.1 Å². The van der Waals surface area contributed by atoms with Crippen molar-refractivity contribution in [3.63, 3.8) is 0 Å². The van der Waals surface area contributed by atoms with Gasteiger partial charge in [0.2, 0.25) is 0 Å². The third-order valence-corrected chi connectivity index (χ3v) is 12.9. The summed E-state index contributed by atoms with van der Waals surface area (Å²) in [5.41, 5.74) is 5.08. The molecule has 11 heteroatoms. The lowest BCUT2D eigenvalue weighted by Crippen LogP contribution is -2.39. The van der Waals surface area contributed by atoms with Gasteiger partial charge in [-0.15, -0.1) is 0 Å². The van der Waals surface area contributed by atoms with Gasteiger partial charge in [-0.2, -0.15) is 0 Å². The number of carbonyl (C=O) groups is 2. The Morgan fingerprint density at radius 3 is 1.70 bits per heavy atom. The van der Waals surface area contributed by atoms with Gasteiger partial charge in [-0.1, -0.05) is 21.5 Å². The van der Waals surface area contributed by atoms with E-state index in [-0.39, 0.29) is 19.8 Å². The molecule has 3 aliphatic rings. The molecule has 258 valence electrons. The van der Waals surface area contributed by atoms with E-state index in [1.807, 2.05) is 51.3 Å². The highest BCUT2D eigenvalue weighted by atomic mass is 127. The van der Waals surface area contributed by atoms with Crippen molar-refractivity contribution in [1.29, 1.82) is 0 Å². The molecule has 2 amide bonds. The molecule has 0 bridgehead atoms. The molecule has 0 aromatic heterocycles. The summed E-state index contributed by atoms with van der Waals surface area (Å²) in [4.78, 5) is 40.8. The number of rotatable bonds is 4. The van der Waals surface area contributed by atoms with Gasteiger partial charge in [-0.05, 0) is 124 Å². The van der Waals surface area contributed by atoms with Crippen LogP contribution in [-0.2, 0) is 22.3 Å². The van der Waals surface area contributed by atoms with Gasteiger partial charge in [0.1, 0.15) is 11.2 Å². The monoisotopic (exact) mass is 777 g/mol. The maximum atomic E-state index is 12.8. The minimum absolute atomic E-state index is 0.200. The number of halogens is 1. The Bertz CT molecular complexity index is 1630. The number of anilines is 2. The maximum Gasteiger partial charge on any atom is 0.410 e. The zero-order valence-electron chi connectivity index (χ0n) is 29.4. The molecule has 2 aromatic rings. The van der Waals surface area contributed by atoms with Crippen molar-refractivity contribution in [2.24, 2.45) is 4.99 Å². The fourth-order valence-corrected chi connectivity index (χ4v) is 9.72. The fraction of sp³-hybridized carbons (Fsp3) is 0.611. The van der Waals surface area contributed by atoms with Crippen LogP contribution in [0.4, 0.5) is 26.7 Å². The first kappa shape index (κ1) is 35.8. The summed E-state index contributed by atoms with van der Waals surface area (Å²) < 4.78 is 12.6. The Kier molecular flexibility index (Phi) is 11.0. The molecule has 1 atom stereocenters. The van der Waals surface area contributed by atoms with Crippen molar-refractivity contribution in [3.05, 3.63) is 45.3 Å². The summed E-state index contributed by atoms with van der Waals surface area (Å²) in [6.07, 6.45) is 3.14. The van der Waals surface area contributed by atoms with E-state index in [0.717, 1.165) is 62.9 Å². The molecule has 2 fully saturated rings. The number of benzene rings is 2. The van der Waals surface area contributed by atoms with Crippen LogP contribution in [0.15, 0.2) is 34.2 Å². The van der Waals surface area contributed by atoms with Gasteiger partial charge in [0.25, 0.3) is 0 Å². The summed E-state index contributed by atoms with van der Waals surface area (Å²) in [6.45, 7) is 21.9. The van der Waals surface area contributed by atoms with E-state index >= 15 is 0 Å². The van der Waals surface area contributed by atoms with Crippen LogP contribution in [0.25, 0.3) is 0 Å². The second-order valence-corrected chi connectivity index (χ2v) is 18.6. The smallest absolute Gasteiger partial charge is 0.410 e. The highest BCUT2D eigenvalue weighted by molar-refractivity contribution is 14.2. The van der Waals surface area contributed by atoms with E-state index in [1.54, 1.807) is 0 Å². The van der Waals surface area contributed by atoms with Crippen molar-refractivity contribution in [1.82, 2.24) is 9.80 Å². The Hall–Kier alpha value is -2.54. The van der Waals surface area contributed by atoms with Crippen molar-refractivity contribution in [2.75, 3.05) is 62.2 Å². The molecule has 5 rings (SSSR count). The Balaban J connectivity index is 1.44. The number of hydrogen-bond donors (Lipinski definition) is 0. The van der Waals surface area contributed by atoms with Crippen molar-refractivity contribution in [2.45, 2.75) is 97.2 Å². The first-order valence-electron chi connectivity index (χ1n) is 17.1. The summed E-state index contributed by atoms with van der Waals surface area (Å²) in [6, 6.07) is 9.33. The third-order valence-electron chi connectivity index (χ3n) is 8.67. The Morgan fingerprint density at radius 2 is 1.21 bits per heavy atom. The van der Waals surface area contributed by atoms with Crippen molar-refractivity contribution in [3.8, 4) is 0 Å². The molecule has 3 aliphatic heterocycles. The number of fused-ring (bicyclic) bond motifs is 2. The highest BCUT2D eigenvalue weighted by Crippen LogP contribution is 2.48. The summed E-state index contributed by atoms with van der Waals surface area (Å²) in [5.74, 6) is 0.